The van der Waals surface area contributed by atoms with Gasteiger partial charge in [-0.25, -0.2) is 0 Å². The van der Waals surface area contributed by atoms with Gasteiger partial charge in [-0.3, -0.25) is 0 Å². The van der Waals surface area contributed by atoms with Crippen molar-refractivity contribution < 1.29 is 9.47 Å². The quantitative estimate of drug-likeness (QED) is 0.865. The van der Waals surface area contributed by atoms with Crippen LogP contribution >= 0.6 is 0 Å². The minimum absolute atomic E-state index is 0.361. The van der Waals surface area contributed by atoms with Gasteiger partial charge in [0.25, 0.3) is 0 Å². The van der Waals surface area contributed by atoms with Gasteiger partial charge in [0, 0.05) is 5.56 Å². The first kappa shape index (κ1) is 15.9. The van der Waals surface area contributed by atoms with E-state index in [0.717, 1.165) is 23.3 Å². The first-order chi connectivity index (χ1) is 10.2. The number of ether oxygens (including phenoxy) is 2. The molecule has 2 N–H and O–H groups in total. The molecule has 0 spiro atoms. The molecule has 0 amide bonds. The third-order valence-corrected chi connectivity index (χ3v) is 4.12. The second-order valence-corrected chi connectivity index (χ2v) is 5.64. The highest BCUT2D eigenvalue weighted by Crippen LogP contribution is 2.28. The van der Waals surface area contributed by atoms with Crippen molar-refractivity contribution in [2.75, 3.05) is 13.7 Å². The number of rotatable bonds is 4. The third kappa shape index (κ3) is 4.49. The van der Waals surface area contributed by atoms with Crippen molar-refractivity contribution in [2.24, 2.45) is 11.7 Å². The molecule has 0 aromatic heterocycles. The Morgan fingerprint density at radius 2 is 2.10 bits per heavy atom. The van der Waals surface area contributed by atoms with Crippen molar-refractivity contribution in [3.05, 3.63) is 29.3 Å². The topological polar surface area (TPSA) is 44.5 Å². The van der Waals surface area contributed by atoms with E-state index in [1.807, 2.05) is 18.2 Å². The number of hydrogen-bond donors (Lipinski definition) is 1. The van der Waals surface area contributed by atoms with Crippen LogP contribution in [-0.2, 0) is 11.3 Å². The summed E-state index contributed by atoms with van der Waals surface area (Å²) in [5.74, 6) is 7.50. The van der Waals surface area contributed by atoms with E-state index in [2.05, 4.69) is 18.8 Å². The Morgan fingerprint density at radius 3 is 2.81 bits per heavy atom. The third-order valence-electron chi connectivity index (χ3n) is 4.12. The van der Waals surface area contributed by atoms with Gasteiger partial charge in [-0.1, -0.05) is 31.6 Å². The zero-order chi connectivity index (χ0) is 15.1. The van der Waals surface area contributed by atoms with E-state index in [9.17, 15) is 0 Å². The molecular weight excluding hydrogens is 262 g/mol. The molecule has 2 unspecified atom stereocenters. The first-order valence-electron chi connectivity index (χ1n) is 7.72. The number of benzene rings is 1. The molecule has 1 aromatic rings. The highest BCUT2D eigenvalue weighted by molar-refractivity contribution is 5.45. The van der Waals surface area contributed by atoms with Crippen LogP contribution in [-0.4, -0.2) is 19.8 Å². The summed E-state index contributed by atoms with van der Waals surface area (Å²) < 4.78 is 11.4. The van der Waals surface area contributed by atoms with Crippen LogP contribution in [0.3, 0.4) is 0 Å². The largest absolute Gasteiger partial charge is 0.497 e. The normalized spacial score (nSPS) is 21.5. The predicted octanol–water partition coefficient (Wildman–Crippen LogP) is 3.10. The molecule has 2 atom stereocenters. The minimum atomic E-state index is 0.361. The van der Waals surface area contributed by atoms with Crippen LogP contribution < -0.4 is 10.5 Å². The molecular formula is C18H25NO2. The Bertz CT molecular complexity index is 516. The lowest BCUT2D eigenvalue weighted by atomic mass is 9.88. The summed E-state index contributed by atoms with van der Waals surface area (Å²) in [7, 11) is 1.68. The molecule has 1 fully saturated rings. The zero-order valence-electron chi connectivity index (χ0n) is 13.0. The molecule has 1 aliphatic rings. The summed E-state index contributed by atoms with van der Waals surface area (Å²) in [4.78, 5) is 0. The van der Waals surface area contributed by atoms with E-state index in [1.165, 1.54) is 19.3 Å². The monoisotopic (exact) mass is 287 g/mol. The number of hydrogen-bond acceptors (Lipinski definition) is 3. The van der Waals surface area contributed by atoms with Gasteiger partial charge < -0.3 is 15.2 Å². The maximum atomic E-state index is 6.15. The molecule has 0 radical (unpaired) electrons. The van der Waals surface area contributed by atoms with Gasteiger partial charge in [-0.15, -0.1) is 0 Å². The molecule has 1 saturated carbocycles. The second kappa shape index (κ2) is 8.07. The van der Waals surface area contributed by atoms with E-state index in [-0.39, 0.29) is 0 Å². The summed E-state index contributed by atoms with van der Waals surface area (Å²) in [6, 6.07) is 5.91. The SMILES string of the molecule is COc1ccc(C#CCN)c(COC2CCCCC2C)c1. The van der Waals surface area contributed by atoms with Crippen molar-refractivity contribution >= 4 is 0 Å². The van der Waals surface area contributed by atoms with E-state index in [0.29, 0.717) is 25.2 Å². The Kier molecular flexibility index (Phi) is 6.10. The molecule has 3 heteroatoms. The van der Waals surface area contributed by atoms with Crippen molar-refractivity contribution in [2.45, 2.75) is 45.3 Å². The average molecular weight is 287 g/mol. The molecule has 2 rings (SSSR count). The Hall–Kier alpha value is -1.50. The van der Waals surface area contributed by atoms with Crippen LogP contribution in [0.4, 0.5) is 0 Å². The summed E-state index contributed by atoms with van der Waals surface area (Å²) in [5, 5.41) is 0. The van der Waals surface area contributed by atoms with Crippen molar-refractivity contribution in [3.63, 3.8) is 0 Å². The second-order valence-electron chi connectivity index (χ2n) is 5.64. The summed E-state index contributed by atoms with van der Waals surface area (Å²) in [6.45, 7) is 3.23. The maximum Gasteiger partial charge on any atom is 0.119 e. The smallest absolute Gasteiger partial charge is 0.119 e. The summed E-state index contributed by atoms with van der Waals surface area (Å²) in [6.07, 6.45) is 5.39. The van der Waals surface area contributed by atoms with E-state index in [1.54, 1.807) is 7.11 Å². The summed E-state index contributed by atoms with van der Waals surface area (Å²) in [5.41, 5.74) is 7.52. The van der Waals surface area contributed by atoms with Crippen LogP contribution in [0.15, 0.2) is 18.2 Å². The highest BCUT2D eigenvalue weighted by Gasteiger charge is 2.22. The van der Waals surface area contributed by atoms with Crippen LogP contribution in [0.5, 0.6) is 5.75 Å². The van der Waals surface area contributed by atoms with E-state index in [4.69, 9.17) is 15.2 Å². The van der Waals surface area contributed by atoms with Crippen LogP contribution in [0.25, 0.3) is 0 Å². The van der Waals surface area contributed by atoms with Gasteiger partial charge >= 0.3 is 0 Å². The standard InChI is InChI=1S/C18H25NO2/c1-14-6-3-4-8-18(14)21-13-16-12-17(20-2)10-9-15(16)7-5-11-19/h9-10,12,14,18H,3-4,6,8,11,13,19H2,1-2H3. The number of methoxy groups -OCH3 is 1. The average Bonchev–Trinajstić information content (AvgIpc) is 2.52. The van der Waals surface area contributed by atoms with Gasteiger partial charge in [0.2, 0.25) is 0 Å². The lowest BCUT2D eigenvalue weighted by Crippen LogP contribution is -2.25. The molecule has 1 aliphatic carbocycles. The molecule has 21 heavy (non-hydrogen) atoms. The van der Waals surface area contributed by atoms with Gasteiger partial charge in [0.1, 0.15) is 5.75 Å². The Morgan fingerprint density at radius 1 is 1.29 bits per heavy atom. The molecule has 1 aromatic carbocycles. The van der Waals surface area contributed by atoms with Crippen LogP contribution in [0.2, 0.25) is 0 Å². The van der Waals surface area contributed by atoms with E-state index < -0.39 is 0 Å². The highest BCUT2D eigenvalue weighted by atomic mass is 16.5. The van der Waals surface area contributed by atoms with Crippen molar-refractivity contribution in [1.29, 1.82) is 0 Å². The molecule has 114 valence electrons. The molecule has 0 saturated heterocycles. The van der Waals surface area contributed by atoms with Gasteiger partial charge in [-0.2, -0.15) is 0 Å². The lowest BCUT2D eigenvalue weighted by molar-refractivity contribution is -0.0155. The maximum absolute atomic E-state index is 6.15. The van der Waals surface area contributed by atoms with E-state index >= 15 is 0 Å². The zero-order valence-corrected chi connectivity index (χ0v) is 13.0. The van der Waals surface area contributed by atoms with Crippen LogP contribution in [0.1, 0.15) is 43.7 Å². The fraction of sp³-hybridized carbons (Fsp3) is 0.556. The van der Waals surface area contributed by atoms with Crippen molar-refractivity contribution in [3.8, 4) is 17.6 Å². The first-order valence-corrected chi connectivity index (χ1v) is 7.72. The number of nitrogens with two attached hydrogens (primary N) is 1. The lowest BCUT2D eigenvalue weighted by Gasteiger charge is -2.29. The Balaban J connectivity index is 2.09. The Labute approximate surface area is 127 Å². The summed E-state index contributed by atoms with van der Waals surface area (Å²) >= 11 is 0. The van der Waals surface area contributed by atoms with Gasteiger partial charge in [0.15, 0.2) is 0 Å². The molecule has 0 bridgehead atoms. The van der Waals surface area contributed by atoms with Gasteiger partial charge in [-0.05, 0) is 42.5 Å². The fourth-order valence-corrected chi connectivity index (χ4v) is 2.81. The van der Waals surface area contributed by atoms with Crippen molar-refractivity contribution in [1.82, 2.24) is 0 Å². The predicted molar refractivity (Wildman–Crippen MR) is 85.1 cm³/mol. The minimum Gasteiger partial charge on any atom is -0.497 e. The van der Waals surface area contributed by atoms with Crippen LogP contribution in [0, 0.1) is 17.8 Å². The molecule has 3 nitrogen and oxygen atoms in total. The molecule has 0 aliphatic heterocycles. The molecule has 0 heterocycles. The fourth-order valence-electron chi connectivity index (χ4n) is 2.81. The van der Waals surface area contributed by atoms with Gasteiger partial charge in [0.05, 0.1) is 26.4 Å².